The number of aliphatic hydroxyl groups is 1. The van der Waals surface area contributed by atoms with Gasteiger partial charge in [0.2, 0.25) is 10.0 Å². The molecule has 1 aliphatic rings. The Labute approximate surface area is 139 Å². The molecule has 3 N–H and O–H groups in total. The second kappa shape index (κ2) is 6.12. The van der Waals surface area contributed by atoms with Crippen LogP contribution in [0.25, 0.3) is 0 Å². The zero-order chi connectivity index (χ0) is 16.6. The average molecular weight is 357 g/mol. The van der Waals surface area contributed by atoms with E-state index < -0.39 is 16.1 Å². The Hall–Kier alpha value is -1.61. The van der Waals surface area contributed by atoms with Gasteiger partial charge in [-0.05, 0) is 30.2 Å². The number of aromatic nitrogens is 2. The summed E-state index contributed by atoms with van der Waals surface area (Å²) in [7, 11) is -3.84. The van der Waals surface area contributed by atoms with Crippen molar-refractivity contribution in [3.63, 3.8) is 0 Å². The largest absolute Gasteiger partial charge is 0.389 e. The Balaban J connectivity index is 1.78. The molecule has 9 heteroatoms. The number of rotatable bonds is 5. The number of fused-ring (bicyclic) bond motifs is 1. The Kier molecular flexibility index (Phi) is 4.33. The van der Waals surface area contributed by atoms with Gasteiger partial charge in [-0.15, -0.1) is 0 Å². The van der Waals surface area contributed by atoms with E-state index in [4.69, 9.17) is 16.7 Å². The summed E-state index contributed by atoms with van der Waals surface area (Å²) < 4.78 is 24.7. The van der Waals surface area contributed by atoms with Gasteiger partial charge in [0, 0.05) is 31.2 Å². The summed E-state index contributed by atoms with van der Waals surface area (Å²) in [6, 6.07) is 4.92. The molecule has 0 aliphatic carbocycles. The predicted octanol–water partition coefficient (Wildman–Crippen LogP) is 0.607. The molecule has 0 amide bonds. The maximum absolute atomic E-state index is 11.5. The highest BCUT2D eigenvalue weighted by Crippen LogP contribution is 2.34. The maximum atomic E-state index is 11.5. The second-order valence-electron chi connectivity index (χ2n) is 5.53. The molecule has 2 aromatic rings. The van der Waals surface area contributed by atoms with Crippen LogP contribution in [0.4, 0.5) is 5.69 Å². The molecule has 1 aromatic heterocycles. The molecule has 0 fully saturated rings. The van der Waals surface area contributed by atoms with Crippen LogP contribution < -0.4 is 10.0 Å². The first kappa shape index (κ1) is 16.3. The van der Waals surface area contributed by atoms with Gasteiger partial charge in [0.25, 0.3) is 0 Å². The average Bonchev–Trinajstić information content (AvgIpc) is 3.07. The number of hydrogen-bond acceptors (Lipinski definition) is 5. The summed E-state index contributed by atoms with van der Waals surface area (Å²) in [4.78, 5) is 1.93. The maximum Gasteiger partial charge on any atom is 0.239 e. The van der Waals surface area contributed by atoms with Gasteiger partial charge < -0.3 is 10.0 Å². The highest BCUT2D eigenvalue weighted by molar-refractivity contribution is 7.89. The third-order valence-electron chi connectivity index (χ3n) is 3.82. The number of benzene rings is 1. The molecule has 124 valence electrons. The van der Waals surface area contributed by atoms with Crippen LogP contribution in [0.1, 0.15) is 5.56 Å². The molecule has 0 radical (unpaired) electrons. The van der Waals surface area contributed by atoms with E-state index in [0.29, 0.717) is 26.1 Å². The van der Waals surface area contributed by atoms with Crippen molar-refractivity contribution in [3.05, 3.63) is 41.2 Å². The highest BCUT2D eigenvalue weighted by Gasteiger charge is 2.25. The van der Waals surface area contributed by atoms with E-state index in [9.17, 15) is 13.5 Å². The fraction of sp³-hybridized carbons (Fsp3) is 0.357. The Bertz CT molecular complexity index is 808. The lowest BCUT2D eigenvalue weighted by Gasteiger charge is -2.23. The number of hydrogen-bond donors (Lipinski definition) is 2. The number of β-amino-alcohol motifs (C(OH)–C–C–N with tert-alkyl or cyclic N) is 1. The number of halogens is 1. The minimum absolute atomic E-state index is 0.0585. The van der Waals surface area contributed by atoms with Crippen LogP contribution >= 0.6 is 11.6 Å². The normalized spacial score (nSPS) is 15.7. The lowest BCUT2D eigenvalue weighted by atomic mass is 10.2. The van der Waals surface area contributed by atoms with Crippen molar-refractivity contribution in [1.29, 1.82) is 0 Å². The van der Waals surface area contributed by atoms with Gasteiger partial charge in [-0.25, -0.2) is 13.6 Å². The molecule has 3 rings (SSSR count). The molecule has 0 saturated heterocycles. The summed E-state index contributed by atoms with van der Waals surface area (Å²) >= 11 is 6.05. The van der Waals surface area contributed by atoms with Crippen molar-refractivity contribution >= 4 is 27.3 Å². The summed E-state index contributed by atoms with van der Waals surface area (Å²) in [6.07, 6.45) is 3.53. The summed E-state index contributed by atoms with van der Waals surface area (Å²) in [5.41, 5.74) is 1.70. The SMILES string of the molecule is NS(=O)(=O)c1cc2c(cc1Cl)N(CC(O)Cn1cccn1)CC2. The van der Waals surface area contributed by atoms with E-state index in [2.05, 4.69) is 5.10 Å². The molecule has 0 spiro atoms. The molecule has 7 nitrogen and oxygen atoms in total. The first-order chi connectivity index (χ1) is 10.8. The van der Waals surface area contributed by atoms with E-state index in [1.165, 1.54) is 6.07 Å². The molecule has 1 unspecified atom stereocenters. The number of nitrogens with two attached hydrogens (primary N) is 1. The Morgan fingerprint density at radius 1 is 1.39 bits per heavy atom. The van der Waals surface area contributed by atoms with Gasteiger partial charge in [-0.3, -0.25) is 4.68 Å². The lowest BCUT2D eigenvalue weighted by molar-refractivity contribution is 0.155. The zero-order valence-electron chi connectivity index (χ0n) is 12.3. The number of anilines is 1. The third-order valence-corrected chi connectivity index (χ3v) is 5.20. The first-order valence-corrected chi connectivity index (χ1v) is 9.02. The standard InChI is InChI=1S/C14H17ClN4O3S/c15-12-7-13-10(6-14(12)23(16,21)22)2-5-18(13)8-11(20)9-19-4-1-3-17-19/h1,3-4,6-7,11,20H,2,5,8-9H2,(H2,16,21,22). The van der Waals surface area contributed by atoms with Crippen molar-refractivity contribution in [3.8, 4) is 0 Å². The van der Waals surface area contributed by atoms with Gasteiger partial charge in [0.1, 0.15) is 4.90 Å². The van der Waals surface area contributed by atoms with E-state index in [1.807, 2.05) is 4.90 Å². The quantitative estimate of drug-likeness (QED) is 0.817. The van der Waals surface area contributed by atoms with Gasteiger partial charge >= 0.3 is 0 Å². The fourth-order valence-corrected chi connectivity index (χ4v) is 3.92. The second-order valence-corrected chi connectivity index (χ2v) is 7.47. The predicted molar refractivity (Wildman–Crippen MR) is 87.0 cm³/mol. The van der Waals surface area contributed by atoms with Gasteiger partial charge in [-0.2, -0.15) is 5.10 Å². The minimum Gasteiger partial charge on any atom is -0.389 e. The molecule has 0 saturated carbocycles. The summed E-state index contributed by atoms with van der Waals surface area (Å²) in [5, 5.41) is 19.5. The topological polar surface area (TPSA) is 101 Å². The summed E-state index contributed by atoms with van der Waals surface area (Å²) in [6.45, 7) is 1.50. The van der Waals surface area contributed by atoms with Crippen LogP contribution in [0.5, 0.6) is 0 Å². The highest BCUT2D eigenvalue weighted by atomic mass is 35.5. The molecular formula is C14H17ClN4O3S. The fourth-order valence-electron chi connectivity index (χ4n) is 2.80. The molecule has 0 bridgehead atoms. The third kappa shape index (κ3) is 3.50. The molecule has 1 aromatic carbocycles. The van der Waals surface area contributed by atoms with Crippen LogP contribution in [-0.4, -0.2) is 42.5 Å². The van der Waals surface area contributed by atoms with Crippen LogP contribution in [0.3, 0.4) is 0 Å². The number of sulfonamides is 1. The molecule has 1 atom stereocenters. The first-order valence-electron chi connectivity index (χ1n) is 7.10. The van der Waals surface area contributed by atoms with Crippen LogP contribution in [0.2, 0.25) is 5.02 Å². The monoisotopic (exact) mass is 356 g/mol. The van der Waals surface area contributed by atoms with Crippen molar-refractivity contribution in [2.45, 2.75) is 24.0 Å². The number of aliphatic hydroxyl groups excluding tert-OH is 1. The number of nitrogens with zero attached hydrogens (tertiary/aromatic N) is 3. The smallest absolute Gasteiger partial charge is 0.239 e. The Morgan fingerprint density at radius 3 is 2.83 bits per heavy atom. The van der Waals surface area contributed by atoms with E-state index in [-0.39, 0.29) is 9.92 Å². The number of primary sulfonamides is 1. The van der Waals surface area contributed by atoms with Gasteiger partial charge in [0.05, 0.1) is 17.7 Å². The minimum atomic E-state index is -3.84. The molecular weight excluding hydrogens is 340 g/mol. The van der Waals surface area contributed by atoms with Crippen LogP contribution in [0, 0.1) is 0 Å². The van der Waals surface area contributed by atoms with E-state index in [1.54, 1.807) is 29.2 Å². The molecule has 2 heterocycles. The van der Waals surface area contributed by atoms with Crippen LogP contribution in [0.15, 0.2) is 35.5 Å². The van der Waals surface area contributed by atoms with Crippen molar-refractivity contribution in [2.24, 2.45) is 5.14 Å². The van der Waals surface area contributed by atoms with Crippen LogP contribution in [-0.2, 0) is 23.0 Å². The van der Waals surface area contributed by atoms with E-state index >= 15 is 0 Å². The Morgan fingerprint density at radius 2 is 2.17 bits per heavy atom. The van der Waals surface area contributed by atoms with Crippen molar-refractivity contribution < 1.29 is 13.5 Å². The lowest BCUT2D eigenvalue weighted by Crippen LogP contribution is -2.33. The molecule has 23 heavy (non-hydrogen) atoms. The molecule has 1 aliphatic heterocycles. The van der Waals surface area contributed by atoms with Crippen molar-refractivity contribution in [1.82, 2.24) is 9.78 Å². The van der Waals surface area contributed by atoms with E-state index in [0.717, 1.165) is 11.3 Å². The van der Waals surface area contributed by atoms with Crippen molar-refractivity contribution in [2.75, 3.05) is 18.0 Å². The summed E-state index contributed by atoms with van der Waals surface area (Å²) in [5.74, 6) is 0. The zero-order valence-corrected chi connectivity index (χ0v) is 13.8. The van der Waals surface area contributed by atoms with Gasteiger partial charge in [-0.1, -0.05) is 11.6 Å². The van der Waals surface area contributed by atoms with Gasteiger partial charge in [0.15, 0.2) is 0 Å².